The monoisotopic (exact) mass is 481 g/mol. The molecular formula is C29H31N5O2. The van der Waals surface area contributed by atoms with E-state index in [-0.39, 0.29) is 18.5 Å². The van der Waals surface area contributed by atoms with Crippen molar-refractivity contribution in [2.24, 2.45) is 0 Å². The van der Waals surface area contributed by atoms with Crippen LogP contribution in [0.4, 0.5) is 10.6 Å². The van der Waals surface area contributed by atoms with Crippen LogP contribution in [0.1, 0.15) is 25.3 Å². The van der Waals surface area contributed by atoms with Crippen molar-refractivity contribution < 1.29 is 9.59 Å². The summed E-state index contributed by atoms with van der Waals surface area (Å²) in [7, 11) is 0. The van der Waals surface area contributed by atoms with E-state index >= 15 is 0 Å². The maximum Gasteiger partial charge on any atom is 0.318 e. The first-order chi connectivity index (χ1) is 17.6. The summed E-state index contributed by atoms with van der Waals surface area (Å²) in [5, 5.41) is 10.6. The second kappa shape index (κ2) is 12.4. The minimum Gasteiger partial charge on any atom is -0.334 e. The van der Waals surface area contributed by atoms with E-state index in [1.165, 1.54) is 0 Å². The van der Waals surface area contributed by atoms with Gasteiger partial charge in [0.05, 0.1) is 11.4 Å². The Bertz CT molecular complexity index is 1260. The molecule has 184 valence electrons. The van der Waals surface area contributed by atoms with Crippen molar-refractivity contribution in [1.82, 2.24) is 20.0 Å². The molecule has 2 N–H and O–H groups in total. The number of hydrogen-bond donors (Lipinski definition) is 2. The highest BCUT2D eigenvalue weighted by molar-refractivity contribution is 5.94. The van der Waals surface area contributed by atoms with Crippen LogP contribution in [-0.4, -0.2) is 39.7 Å². The highest BCUT2D eigenvalue weighted by Gasteiger charge is 2.19. The van der Waals surface area contributed by atoms with Gasteiger partial charge in [-0.2, -0.15) is 5.10 Å². The summed E-state index contributed by atoms with van der Waals surface area (Å²) in [6.07, 6.45) is 1.73. The molecule has 0 saturated heterocycles. The normalized spacial score (nSPS) is 10.6. The van der Waals surface area contributed by atoms with Crippen LogP contribution in [0, 0.1) is 0 Å². The van der Waals surface area contributed by atoms with Crippen LogP contribution in [0.15, 0.2) is 97.1 Å². The zero-order chi connectivity index (χ0) is 25.2. The molecule has 0 bridgehead atoms. The van der Waals surface area contributed by atoms with Crippen LogP contribution >= 0.6 is 0 Å². The van der Waals surface area contributed by atoms with Crippen molar-refractivity contribution in [2.75, 3.05) is 18.4 Å². The minimum atomic E-state index is -0.280. The van der Waals surface area contributed by atoms with Gasteiger partial charge < -0.3 is 15.5 Å². The molecule has 4 rings (SSSR count). The van der Waals surface area contributed by atoms with Gasteiger partial charge in [-0.1, -0.05) is 92.2 Å². The smallest absolute Gasteiger partial charge is 0.318 e. The predicted octanol–water partition coefficient (Wildman–Crippen LogP) is 5.49. The molecule has 7 heteroatoms. The summed E-state index contributed by atoms with van der Waals surface area (Å²) in [5.74, 6) is 0.267. The van der Waals surface area contributed by atoms with Gasteiger partial charge in [0.2, 0.25) is 5.91 Å². The third-order valence-electron chi connectivity index (χ3n) is 5.74. The second-order valence-corrected chi connectivity index (χ2v) is 8.50. The van der Waals surface area contributed by atoms with Crippen LogP contribution in [0.25, 0.3) is 16.9 Å². The summed E-state index contributed by atoms with van der Waals surface area (Å²) in [6.45, 7) is 2.91. The van der Waals surface area contributed by atoms with Crippen LogP contribution in [0.2, 0.25) is 0 Å². The third kappa shape index (κ3) is 6.60. The van der Waals surface area contributed by atoms with E-state index in [9.17, 15) is 9.59 Å². The van der Waals surface area contributed by atoms with Crippen molar-refractivity contribution >= 4 is 17.8 Å². The van der Waals surface area contributed by atoms with E-state index < -0.39 is 0 Å². The van der Waals surface area contributed by atoms with E-state index in [2.05, 4.69) is 17.6 Å². The molecule has 1 aromatic heterocycles. The average molecular weight is 482 g/mol. The summed E-state index contributed by atoms with van der Waals surface area (Å²) in [6, 6.07) is 30.8. The quantitative estimate of drug-likeness (QED) is 0.314. The van der Waals surface area contributed by atoms with E-state index in [0.717, 1.165) is 35.3 Å². The molecular weight excluding hydrogens is 450 g/mol. The number of amides is 3. The van der Waals surface area contributed by atoms with E-state index in [1.54, 1.807) is 9.58 Å². The number of nitrogens with one attached hydrogen (secondary N) is 2. The fourth-order valence-corrected chi connectivity index (χ4v) is 3.83. The lowest BCUT2D eigenvalue weighted by Gasteiger charge is -2.22. The van der Waals surface area contributed by atoms with Crippen molar-refractivity contribution in [2.45, 2.75) is 26.3 Å². The Morgan fingerprint density at radius 1 is 0.889 bits per heavy atom. The third-order valence-corrected chi connectivity index (χ3v) is 5.74. The number of aromatic nitrogens is 2. The van der Waals surface area contributed by atoms with E-state index in [4.69, 9.17) is 5.10 Å². The number of carbonyl (C=O) groups excluding carboxylic acids is 2. The molecule has 0 aliphatic heterocycles. The van der Waals surface area contributed by atoms with Gasteiger partial charge >= 0.3 is 6.03 Å². The number of hydrogen-bond acceptors (Lipinski definition) is 3. The fourth-order valence-electron chi connectivity index (χ4n) is 3.83. The largest absolute Gasteiger partial charge is 0.334 e. The lowest BCUT2D eigenvalue weighted by molar-refractivity contribution is -0.116. The number of carbonyl (C=O) groups is 2. The number of anilines is 1. The Labute approximate surface area is 211 Å². The minimum absolute atomic E-state index is 0.0543. The molecule has 0 aliphatic carbocycles. The van der Waals surface area contributed by atoms with Crippen molar-refractivity contribution in [3.8, 4) is 16.9 Å². The Hall–Kier alpha value is -4.39. The average Bonchev–Trinajstić information content (AvgIpc) is 3.34. The lowest BCUT2D eigenvalue weighted by atomic mass is 10.1. The number of urea groups is 1. The molecule has 0 radical (unpaired) electrons. The lowest BCUT2D eigenvalue weighted by Crippen LogP contribution is -2.44. The van der Waals surface area contributed by atoms with Gasteiger partial charge in [-0.25, -0.2) is 9.48 Å². The highest BCUT2D eigenvalue weighted by atomic mass is 16.2. The van der Waals surface area contributed by atoms with Crippen molar-refractivity contribution in [1.29, 1.82) is 0 Å². The van der Waals surface area contributed by atoms with E-state index in [1.807, 2.05) is 97.1 Å². The first-order valence-corrected chi connectivity index (χ1v) is 12.2. The van der Waals surface area contributed by atoms with Gasteiger partial charge in [-0.3, -0.25) is 4.79 Å². The topological polar surface area (TPSA) is 79.3 Å². The number of para-hydroxylation sites is 1. The number of benzene rings is 3. The molecule has 3 amide bonds. The number of rotatable bonds is 10. The summed E-state index contributed by atoms with van der Waals surface area (Å²) in [5.41, 5.74) is 3.54. The standard InChI is InChI=1S/C29H31N5O2/c1-2-3-19-33(29(36)30-21-23-13-7-4-8-14-23)22-28(35)31-27-20-26(24-15-9-5-10-16-24)32-34(27)25-17-11-6-12-18-25/h4-18,20H,2-3,19,21-22H2,1H3,(H,30,36)(H,31,35). The Morgan fingerprint density at radius 3 is 2.19 bits per heavy atom. The van der Waals surface area contributed by atoms with Gasteiger partial charge in [-0.05, 0) is 24.1 Å². The number of unbranched alkanes of at least 4 members (excludes halogenated alkanes) is 1. The molecule has 0 aliphatic rings. The maximum absolute atomic E-state index is 13.1. The molecule has 0 atom stereocenters. The summed E-state index contributed by atoms with van der Waals surface area (Å²) < 4.78 is 1.71. The molecule has 0 unspecified atom stereocenters. The van der Waals surface area contributed by atoms with Gasteiger partial charge in [-0.15, -0.1) is 0 Å². The molecule has 0 fully saturated rings. The summed E-state index contributed by atoms with van der Waals surface area (Å²) in [4.78, 5) is 27.6. The van der Waals surface area contributed by atoms with E-state index in [0.29, 0.717) is 18.9 Å². The Kier molecular flexibility index (Phi) is 8.48. The molecule has 7 nitrogen and oxygen atoms in total. The van der Waals surface area contributed by atoms with Crippen LogP contribution < -0.4 is 10.6 Å². The number of nitrogens with zero attached hydrogens (tertiary/aromatic N) is 3. The van der Waals surface area contributed by atoms with Gasteiger partial charge in [0.1, 0.15) is 12.4 Å². The van der Waals surface area contributed by atoms with Crippen molar-refractivity contribution in [3.63, 3.8) is 0 Å². The molecule has 4 aromatic rings. The molecule has 1 heterocycles. The van der Waals surface area contributed by atoms with Gasteiger partial charge in [0, 0.05) is 24.7 Å². The van der Waals surface area contributed by atoms with Gasteiger partial charge in [0.25, 0.3) is 0 Å². The first kappa shape index (κ1) is 24.7. The fraction of sp³-hybridized carbons (Fsp3) is 0.207. The molecule has 3 aromatic carbocycles. The molecule has 36 heavy (non-hydrogen) atoms. The zero-order valence-electron chi connectivity index (χ0n) is 20.4. The maximum atomic E-state index is 13.1. The van der Waals surface area contributed by atoms with Crippen LogP contribution in [0.5, 0.6) is 0 Å². The van der Waals surface area contributed by atoms with Gasteiger partial charge in [0.15, 0.2) is 0 Å². The van der Waals surface area contributed by atoms with Crippen LogP contribution in [0.3, 0.4) is 0 Å². The highest BCUT2D eigenvalue weighted by Crippen LogP contribution is 2.24. The Morgan fingerprint density at radius 2 is 1.53 bits per heavy atom. The Balaban J connectivity index is 1.50. The van der Waals surface area contributed by atoms with Crippen LogP contribution in [-0.2, 0) is 11.3 Å². The summed E-state index contributed by atoms with van der Waals surface area (Å²) >= 11 is 0. The van der Waals surface area contributed by atoms with Crippen molar-refractivity contribution in [3.05, 3.63) is 103 Å². The molecule has 0 spiro atoms. The second-order valence-electron chi connectivity index (χ2n) is 8.50. The molecule has 0 saturated carbocycles. The zero-order valence-corrected chi connectivity index (χ0v) is 20.4. The first-order valence-electron chi connectivity index (χ1n) is 12.2. The SMILES string of the molecule is CCCCN(CC(=O)Nc1cc(-c2ccccc2)nn1-c1ccccc1)C(=O)NCc1ccccc1. The predicted molar refractivity (Wildman–Crippen MR) is 143 cm³/mol.